The lowest BCUT2D eigenvalue weighted by Gasteiger charge is -2.11. The van der Waals surface area contributed by atoms with E-state index in [1.807, 2.05) is 61.5 Å². The maximum Gasteiger partial charge on any atom is 0.230 e. The van der Waals surface area contributed by atoms with Crippen LogP contribution in [0.5, 0.6) is 11.5 Å². The molecule has 140 valence electrons. The maximum atomic E-state index is 11.8. The van der Waals surface area contributed by atoms with Crippen LogP contribution in [0.4, 0.5) is 0 Å². The highest BCUT2D eigenvalue weighted by atomic mass is 32.2. The van der Waals surface area contributed by atoms with Crippen molar-refractivity contribution in [3.63, 3.8) is 0 Å². The first-order valence-electron chi connectivity index (χ1n) is 8.62. The molecule has 2 rings (SSSR count). The van der Waals surface area contributed by atoms with E-state index < -0.39 is 6.10 Å². The summed E-state index contributed by atoms with van der Waals surface area (Å²) in [6.07, 6.45) is -0.558. The summed E-state index contributed by atoms with van der Waals surface area (Å²) in [5.41, 5.74) is 0.865. The fourth-order valence-electron chi connectivity index (χ4n) is 2.24. The summed E-state index contributed by atoms with van der Waals surface area (Å²) in [5, 5.41) is 12.9. The number of aliphatic hydroxyl groups excluding tert-OH is 1. The third-order valence-corrected chi connectivity index (χ3v) is 4.54. The van der Waals surface area contributed by atoms with E-state index in [1.165, 1.54) is 11.8 Å². The van der Waals surface area contributed by atoms with E-state index in [0.717, 1.165) is 17.1 Å². The highest BCUT2D eigenvalue weighted by molar-refractivity contribution is 7.99. The number of rotatable bonds is 11. The van der Waals surface area contributed by atoms with Gasteiger partial charge in [0.2, 0.25) is 5.91 Å². The van der Waals surface area contributed by atoms with Crippen LogP contribution in [0.15, 0.2) is 54.6 Å². The predicted octanol–water partition coefficient (Wildman–Crippen LogP) is 3.05. The van der Waals surface area contributed by atoms with Crippen LogP contribution in [0.25, 0.3) is 0 Å². The van der Waals surface area contributed by atoms with Crippen LogP contribution < -0.4 is 14.8 Å². The molecule has 0 aromatic heterocycles. The van der Waals surface area contributed by atoms with E-state index in [0.29, 0.717) is 31.3 Å². The van der Waals surface area contributed by atoms with Gasteiger partial charge >= 0.3 is 0 Å². The number of hydrogen-bond acceptors (Lipinski definition) is 5. The zero-order chi connectivity index (χ0) is 18.6. The Morgan fingerprint density at radius 3 is 2.38 bits per heavy atom. The van der Waals surface area contributed by atoms with Crippen LogP contribution in [-0.2, 0) is 4.79 Å². The number of hydrogen-bond donors (Lipinski definition) is 2. The summed E-state index contributed by atoms with van der Waals surface area (Å²) in [7, 11) is 0. The molecule has 26 heavy (non-hydrogen) atoms. The van der Waals surface area contributed by atoms with Crippen LogP contribution in [0.1, 0.15) is 18.6 Å². The molecule has 0 bridgehead atoms. The van der Waals surface area contributed by atoms with E-state index in [9.17, 15) is 9.90 Å². The van der Waals surface area contributed by atoms with Crippen molar-refractivity contribution in [2.24, 2.45) is 0 Å². The Balaban J connectivity index is 1.56. The lowest BCUT2D eigenvalue weighted by atomic mass is 10.1. The summed E-state index contributed by atoms with van der Waals surface area (Å²) in [4.78, 5) is 11.8. The summed E-state index contributed by atoms with van der Waals surface area (Å²) >= 11 is 1.41. The van der Waals surface area contributed by atoms with Crippen molar-refractivity contribution in [2.45, 2.75) is 13.0 Å². The van der Waals surface area contributed by atoms with Crippen LogP contribution in [0.3, 0.4) is 0 Å². The average molecular weight is 375 g/mol. The zero-order valence-electron chi connectivity index (χ0n) is 14.9. The van der Waals surface area contributed by atoms with Crippen LogP contribution in [-0.4, -0.2) is 42.3 Å². The zero-order valence-corrected chi connectivity index (χ0v) is 15.7. The van der Waals surface area contributed by atoms with Crippen molar-refractivity contribution in [1.82, 2.24) is 5.32 Å². The molecule has 2 aromatic rings. The molecule has 0 aliphatic heterocycles. The van der Waals surface area contributed by atoms with Gasteiger partial charge in [0.15, 0.2) is 0 Å². The first-order valence-corrected chi connectivity index (χ1v) is 9.77. The largest absolute Gasteiger partial charge is 0.494 e. The highest BCUT2D eigenvalue weighted by Gasteiger charge is 2.08. The van der Waals surface area contributed by atoms with Gasteiger partial charge < -0.3 is 19.9 Å². The van der Waals surface area contributed by atoms with Gasteiger partial charge in [0.05, 0.1) is 25.0 Å². The van der Waals surface area contributed by atoms with E-state index in [1.54, 1.807) is 0 Å². The molecule has 1 atom stereocenters. The summed E-state index contributed by atoms with van der Waals surface area (Å²) < 4.78 is 10.9. The van der Waals surface area contributed by atoms with Gasteiger partial charge in [-0.2, -0.15) is 0 Å². The second-order valence-electron chi connectivity index (χ2n) is 5.54. The Morgan fingerprint density at radius 1 is 1.08 bits per heavy atom. The average Bonchev–Trinajstić information content (AvgIpc) is 2.67. The van der Waals surface area contributed by atoms with E-state index in [4.69, 9.17) is 9.47 Å². The minimum absolute atomic E-state index is 0.0643. The molecule has 2 N–H and O–H groups in total. The van der Waals surface area contributed by atoms with Crippen molar-refractivity contribution in [3.8, 4) is 11.5 Å². The highest BCUT2D eigenvalue weighted by Crippen LogP contribution is 2.18. The third-order valence-electron chi connectivity index (χ3n) is 3.52. The Labute approximate surface area is 158 Å². The Morgan fingerprint density at radius 2 is 1.73 bits per heavy atom. The molecule has 0 aliphatic carbocycles. The standard InChI is InChI=1S/C20H25NO4S/c1-2-24-17-8-10-18(11-9-17)25-13-12-21-20(23)15-26-14-19(22)16-6-4-3-5-7-16/h3-11,19,22H,2,12-15H2,1H3,(H,21,23)/t19-/m1/s1. The number of benzene rings is 2. The summed E-state index contributed by atoms with van der Waals surface area (Å²) in [6.45, 7) is 3.41. The molecule has 0 spiro atoms. The third kappa shape index (κ3) is 7.37. The fraction of sp³-hybridized carbons (Fsp3) is 0.350. The van der Waals surface area contributed by atoms with Gasteiger partial charge in [-0.15, -0.1) is 11.8 Å². The van der Waals surface area contributed by atoms with Crippen molar-refractivity contribution < 1.29 is 19.4 Å². The van der Waals surface area contributed by atoms with Crippen molar-refractivity contribution in [2.75, 3.05) is 31.3 Å². The molecule has 0 saturated heterocycles. The van der Waals surface area contributed by atoms with Gasteiger partial charge in [0, 0.05) is 5.75 Å². The summed E-state index contributed by atoms with van der Waals surface area (Å²) in [6, 6.07) is 16.8. The molecule has 6 heteroatoms. The molecule has 0 heterocycles. The van der Waals surface area contributed by atoms with E-state index in [-0.39, 0.29) is 5.91 Å². The van der Waals surface area contributed by atoms with Gasteiger partial charge in [-0.3, -0.25) is 4.79 Å². The van der Waals surface area contributed by atoms with Crippen molar-refractivity contribution in [1.29, 1.82) is 0 Å². The van der Waals surface area contributed by atoms with Crippen LogP contribution in [0.2, 0.25) is 0 Å². The Bertz CT molecular complexity index is 649. The van der Waals surface area contributed by atoms with Gasteiger partial charge in [-0.05, 0) is 36.8 Å². The number of nitrogens with one attached hydrogen (secondary N) is 1. The molecule has 0 unspecified atom stereocenters. The topological polar surface area (TPSA) is 67.8 Å². The molecule has 0 aliphatic rings. The first kappa shape index (κ1) is 20.1. The molecule has 2 aromatic carbocycles. The molecule has 0 radical (unpaired) electrons. The second kappa shape index (κ2) is 11.4. The smallest absolute Gasteiger partial charge is 0.230 e. The minimum atomic E-state index is -0.558. The Kier molecular flexibility index (Phi) is 8.86. The quantitative estimate of drug-likeness (QED) is 0.591. The normalized spacial score (nSPS) is 11.6. The fourth-order valence-corrected chi connectivity index (χ4v) is 3.06. The van der Waals surface area contributed by atoms with Crippen molar-refractivity contribution >= 4 is 17.7 Å². The number of carbonyl (C=O) groups is 1. The first-order chi connectivity index (χ1) is 12.7. The van der Waals surface area contributed by atoms with Crippen LogP contribution >= 0.6 is 11.8 Å². The second-order valence-corrected chi connectivity index (χ2v) is 6.57. The SMILES string of the molecule is CCOc1ccc(OCCNC(=O)CSC[C@@H](O)c2ccccc2)cc1. The Hall–Kier alpha value is -2.18. The molecular formula is C20H25NO4S. The molecular weight excluding hydrogens is 350 g/mol. The summed E-state index contributed by atoms with van der Waals surface area (Å²) in [5.74, 6) is 2.28. The lowest BCUT2D eigenvalue weighted by Crippen LogP contribution is -2.29. The predicted molar refractivity (Wildman–Crippen MR) is 105 cm³/mol. The number of amides is 1. The maximum absolute atomic E-state index is 11.8. The molecule has 0 fully saturated rings. The number of thioether (sulfide) groups is 1. The molecule has 1 amide bonds. The van der Waals surface area contributed by atoms with Crippen LogP contribution in [0, 0.1) is 0 Å². The monoisotopic (exact) mass is 375 g/mol. The van der Waals surface area contributed by atoms with Gasteiger partial charge in [0.1, 0.15) is 18.1 Å². The number of carbonyl (C=O) groups excluding carboxylic acids is 1. The molecule has 0 saturated carbocycles. The minimum Gasteiger partial charge on any atom is -0.494 e. The van der Waals surface area contributed by atoms with Gasteiger partial charge in [0.25, 0.3) is 0 Å². The number of aliphatic hydroxyl groups is 1. The van der Waals surface area contributed by atoms with Crippen molar-refractivity contribution in [3.05, 3.63) is 60.2 Å². The molecule has 5 nitrogen and oxygen atoms in total. The van der Waals surface area contributed by atoms with Gasteiger partial charge in [-0.25, -0.2) is 0 Å². The van der Waals surface area contributed by atoms with E-state index in [2.05, 4.69) is 5.32 Å². The van der Waals surface area contributed by atoms with E-state index >= 15 is 0 Å². The van der Waals surface area contributed by atoms with Gasteiger partial charge in [-0.1, -0.05) is 30.3 Å². The number of ether oxygens (including phenoxy) is 2. The lowest BCUT2D eigenvalue weighted by molar-refractivity contribution is -0.118.